The van der Waals surface area contributed by atoms with Crippen molar-refractivity contribution in [3.63, 3.8) is 0 Å². The highest BCUT2D eigenvalue weighted by atomic mass is 15.3. The van der Waals surface area contributed by atoms with Gasteiger partial charge in [0, 0.05) is 50.4 Å². The molecule has 0 saturated carbocycles. The molecule has 0 unspecified atom stereocenters. The van der Waals surface area contributed by atoms with Crippen LogP contribution in [0.5, 0.6) is 0 Å². The molecule has 0 spiro atoms. The lowest BCUT2D eigenvalue weighted by molar-refractivity contribution is 0.494. The lowest BCUT2D eigenvalue weighted by Gasteiger charge is -2.30. The summed E-state index contributed by atoms with van der Waals surface area (Å²) in [7, 11) is 0. The van der Waals surface area contributed by atoms with Crippen molar-refractivity contribution in [1.29, 1.82) is 0 Å². The second-order valence-corrected chi connectivity index (χ2v) is 4.89. The molecule has 0 atom stereocenters. The molecule has 0 aliphatic carbocycles. The second-order valence-electron chi connectivity index (χ2n) is 4.89. The average Bonchev–Trinajstić information content (AvgIpc) is 2.39. The van der Waals surface area contributed by atoms with Crippen LogP contribution in [0.1, 0.15) is 24.1 Å². The maximum atomic E-state index is 5.91. The quantitative estimate of drug-likeness (QED) is 0.717. The molecule has 5 nitrogen and oxygen atoms in total. The number of rotatable bonds is 1. The van der Waals surface area contributed by atoms with Gasteiger partial charge in [-0.15, -0.1) is 0 Å². The van der Waals surface area contributed by atoms with Crippen molar-refractivity contribution in [3.8, 4) is 0 Å². The lowest BCUT2D eigenvalue weighted by Crippen LogP contribution is -2.40. The van der Waals surface area contributed by atoms with E-state index in [4.69, 9.17) is 10.7 Å². The van der Waals surface area contributed by atoms with Gasteiger partial charge >= 0.3 is 0 Å². The Kier molecular flexibility index (Phi) is 2.94. The molecule has 0 radical (unpaired) electrons. The SMILES string of the molecule is NC1CCN(c2ncc3c(n2)CCNC3)CC1. The van der Waals surface area contributed by atoms with Crippen LogP contribution in [0.2, 0.25) is 0 Å². The zero-order chi connectivity index (χ0) is 11.7. The van der Waals surface area contributed by atoms with Crippen molar-refractivity contribution in [1.82, 2.24) is 15.3 Å². The molecule has 5 heteroatoms. The summed E-state index contributed by atoms with van der Waals surface area (Å²) >= 11 is 0. The summed E-state index contributed by atoms with van der Waals surface area (Å²) in [6.07, 6.45) is 5.07. The number of nitrogens with zero attached hydrogens (tertiary/aromatic N) is 3. The molecule has 1 aromatic rings. The van der Waals surface area contributed by atoms with Crippen LogP contribution < -0.4 is 16.0 Å². The number of piperidine rings is 1. The highest BCUT2D eigenvalue weighted by Gasteiger charge is 2.20. The van der Waals surface area contributed by atoms with Gasteiger partial charge in [-0.2, -0.15) is 0 Å². The summed E-state index contributed by atoms with van der Waals surface area (Å²) in [6, 6.07) is 0.355. The third-order valence-electron chi connectivity index (χ3n) is 3.62. The van der Waals surface area contributed by atoms with Crippen molar-refractivity contribution in [2.75, 3.05) is 24.5 Å². The Hall–Kier alpha value is -1.20. The van der Waals surface area contributed by atoms with Gasteiger partial charge in [-0.25, -0.2) is 9.97 Å². The van der Waals surface area contributed by atoms with Crippen LogP contribution in [-0.4, -0.2) is 35.6 Å². The molecule has 0 bridgehead atoms. The average molecular weight is 233 g/mol. The van der Waals surface area contributed by atoms with E-state index in [1.54, 1.807) is 0 Å². The number of hydrogen-bond acceptors (Lipinski definition) is 5. The zero-order valence-corrected chi connectivity index (χ0v) is 10.0. The molecule has 2 aliphatic rings. The Labute approximate surface area is 101 Å². The van der Waals surface area contributed by atoms with Crippen molar-refractivity contribution in [2.45, 2.75) is 31.8 Å². The normalized spacial score (nSPS) is 21.4. The van der Waals surface area contributed by atoms with Crippen LogP contribution >= 0.6 is 0 Å². The third kappa shape index (κ3) is 2.25. The molecule has 92 valence electrons. The highest BCUT2D eigenvalue weighted by molar-refractivity contribution is 5.34. The molecule has 2 aliphatic heterocycles. The summed E-state index contributed by atoms with van der Waals surface area (Å²) < 4.78 is 0. The smallest absolute Gasteiger partial charge is 0.225 e. The zero-order valence-electron chi connectivity index (χ0n) is 10.0. The van der Waals surface area contributed by atoms with Crippen LogP contribution in [0.4, 0.5) is 5.95 Å². The van der Waals surface area contributed by atoms with Gasteiger partial charge in [0.1, 0.15) is 0 Å². The highest BCUT2D eigenvalue weighted by Crippen LogP contribution is 2.18. The largest absolute Gasteiger partial charge is 0.341 e. The minimum Gasteiger partial charge on any atom is -0.341 e. The standard InChI is InChI=1S/C12H19N5/c13-10-2-5-17(6-3-10)12-15-8-9-7-14-4-1-11(9)16-12/h8,10,14H,1-7,13H2. The number of fused-ring (bicyclic) bond motifs is 1. The first kappa shape index (κ1) is 10.9. The minimum atomic E-state index is 0.355. The molecular weight excluding hydrogens is 214 g/mol. The summed E-state index contributed by atoms with van der Waals surface area (Å²) in [5.41, 5.74) is 8.37. The summed E-state index contributed by atoms with van der Waals surface area (Å²) in [5.74, 6) is 0.887. The fourth-order valence-corrected chi connectivity index (χ4v) is 2.48. The van der Waals surface area contributed by atoms with Gasteiger partial charge in [0.2, 0.25) is 5.95 Å². The van der Waals surface area contributed by atoms with E-state index in [0.29, 0.717) is 6.04 Å². The van der Waals surface area contributed by atoms with E-state index in [1.165, 1.54) is 11.3 Å². The number of nitrogens with one attached hydrogen (secondary N) is 1. The molecule has 3 heterocycles. The maximum Gasteiger partial charge on any atom is 0.225 e. The third-order valence-corrected chi connectivity index (χ3v) is 3.62. The molecule has 3 rings (SSSR count). The van der Waals surface area contributed by atoms with Gasteiger partial charge in [0.05, 0.1) is 5.69 Å². The fourth-order valence-electron chi connectivity index (χ4n) is 2.48. The van der Waals surface area contributed by atoms with E-state index >= 15 is 0 Å². The fraction of sp³-hybridized carbons (Fsp3) is 0.667. The monoisotopic (exact) mass is 233 g/mol. The van der Waals surface area contributed by atoms with Crippen LogP contribution in [0, 0.1) is 0 Å². The van der Waals surface area contributed by atoms with Crippen molar-refractivity contribution >= 4 is 5.95 Å². The van der Waals surface area contributed by atoms with Gasteiger partial charge < -0.3 is 16.0 Å². The predicted molar refractivity (Wildman–Crippen MR) is 66.9 cm³/mol. The maximum absolute atomic E-state index is 5.91. The van der Waals surface area contributed by atoms with Gasteiger partial charge in [0.15, 0.2) is 0 Å². The lowest BCUT2D eigenvalue weighted by atomic mass is 10.1. The van der Waals surface area contributed by atoms with Crippen molar-refractivity contribution < 1.29 is 0 Å². The van der Waals surface area contributed by atoms with Crippen LogP contribution in [0.25, 0.3) is 0 Å². The van der Waals surface area contributed by atoms with Gasteiger partial charge in [0.25, 0.3) is 0 Å². The van der Waals surface area contributed by atoms with Crippen LogP contribution in [0.3, 0.4) is 0 Å². The van der Waals surface area contributed by atoms with Crippen LogP contribution in [0.15, 0.2) is 6.20 Å². The van der Waals surface area contributed by atoms with Gasteiger partial charge in [-0.1, -0.05) is 0 Å². The molecule has 1 aromatic heterocycles. The van der Waals surface area contributed by atoms with Gasteiger partial charge in [-0.05, 0) is 12.8 Å². The first-order valence-electron chi connectivity index (χ1n) is 6.39. The molecule has 17 heavy (non-hydrogen) atoms. The van der Waals surface area contributed by atoms with Crippen molar-refractivity contribution in [3.05, 3.63) is 17.5 Å². The number of nitrogens with two attached hydrogens (primary N) is 1. The van der Waals surface area contributed by atoms with Crippen molar-refractivity contribution in [2.24, 2.45) is 5.73 Å². The Morgan fingerprint density at radius 2 is 2.18 bits per heavy atom. The topological polar surface area (TPSA) is 67.1 Å². The summed E-state index contributed by atoms with van der Waals surface area (Å²) in [6.45, 7) is 3.89. The predicted octanol–water partition coefficient (Wildman–Crippen LogP) is 0.0498. The van der Waals surface area contributed by atoms with Gasteiger partial charge in [-0.3, -0.25) is 0 Å². The van der Waals surface area contributed by atoms with E-state index < -0.39 is 0 Å². The molecular formula is C12H19N5. The number of hydrogen-bond donors (Lipinski definition) is 2. The molecule has 3 N–H and O–H groups in total. The van der Waals surface area contributed by atoms with Crippen LogP contribution in [-0.2, 0) is 13.0 Å². The molecule has 0 aromatic carbocycles. The number of anilines is 1. The Balaban J connectivity index is 1.79. The minimum absolute atomic E-state index is 0.355. The molecule has 1 saturated heterocycles. The molecule has 0 amide bonds. The van der Waals surface area contributed by atoms with E-state index in [2.05, 4.69) is 15.2 Å². The first-order chi connectivity index (χ1) is 8.33. The second kappa shape index (κ2) is 4.58. The number of aromatic nitrogens is 2. The Bertz CT molecular complexity index is 398. The first-order valence-corrected chi connectivity index (χ1v) is 6.39. The Morgan fingerprint density at radius 3 is 3.00 bits per heavy atom. The summed E-state index contributed by atoms with van der Waals surface area (Å²) in [5, 5.41) is 3.34. The van der Waals surface area contributed by atoms with E-state index in [1.807, 2.05) is 6.20 Å². The van der Waals surface area contributed by atoms with E-state index in [0.717, 1.165) is 51.4 Å². The summed E-state index contributed by atoms with van der Waals surface area (Å²) in [4.78, 5) is 11.4. The Morgan fingerprint density at radius 1 is 1.35 bits per heavy atom. The van der Waals surface area contributed by atoms with E-state index in [-0.39, 0.29) is 0 Å². The molecule has 1 fully saturated rings. The van der Waals surface area contributed by atoms with E-state index in [9.17, 15) is 0 Å².